The molecule has 0 unspecified atom stereocenters. The molecule has 6 nitrogen and oxygen atoms in total. The Kier molecular flexibility index (Phi) is 2.84. The zero-order chi connectivity index (χ0) is 12.6. The molecule has 17 heavy (non-hydrogen) atoms. The molecule has 0 atom stereocenters. The third-order valence-corrected chi connectivity index (χ3v) is 3.44. The van der Waals surface area contributed by atoms with Crippen LogP contribution in [0.3, 0.4) is 0 Å². The number of ether oxygens (including phenoxy) is 1. The van der Waals surface area contributed by atoms with Crippen molar-refractivity contribution in [2.75, 3.05) is 23.8 Å². The van der Waals surface area contributed by atoms with Crippen LogP contribution >= 0.6 is 11.3 Å². The normalized spacial score (nSPS) is 11.6. The molecule has 2 rings (SSSR count). The summed E-state index contributed by atoms with van der Waals surface area (Å²) in [4.78, 5) is 4.12. The van der Waals surface area contributed by atoms with E-state index < -0.39 is 10.0 Å². The highest BCUT2D eigenvalue weighted by Gasteiger charge is 2.11. The van der Waals surface area contributed by atoms with Crippen molar-refractivity contribution in [1.29, 1.82) is 0 Å². The van der Waals surface area contributed by atoms with Crippen LogP contribution in [-0.4, -0.2) is 26.8 Å². The number of nitrogens with one attached hydrogen (secondary N) is 1. The number of nitrogens with zero attached hydrogens (tertiary/aromatic N) is 1. The topological polar surface area (TPSA) is 94.3 Å². The molecule has 0 saturated carbocycles. The predicted molar refractivity (Wildman–Crippen MR) is 69.1 cm³/mol. The summed E-state index contributed by atoms with van der Waals surface area (Å²) in [6.45, 7) is 0. The Labute approximate surface area is 102 Å². The Balaban J connectivity index is 2.59. The van der Waals surface area contributed by atoms with Gasteiger partial charge < -0.3 is 10.5 Å². The van der Waals surface area contributed by atoms with Crippen molar-refractivity contribution in [1.82, 2.24) is 4.98 Å². The van der Waals surface area contributed by atoms with E-state index >= 15 is 0 Å². The SMILES string of the molecule is COc1cc(NS(C)(=O)=O)cc2sc(N)nc12. The van der Waals surface area contributed by atoms with Gasteiger partial charge in [0, 0.05) is 6.07 Å². The van der Waals surface area contributed by atoms with Crippen molar-refractivity contribution in [2.24, 2.45) is 0 Å². The van der Waals surface area contributed by atoms with Crippen LogP contribution in [0.25, 0.3) is 10.2 Å². The molecule has 0 aliphatic carbocycles. The average molecular weight is 273 g/mol. The maximum Gasteiger partial charge on any atom is 0.229 e. The maximum atomic E-state index is 11.2. The van der Waals surface area contributed by atoms with E-state index in [2.05, 4.69) is 9.71 Å². The molecule has 0 aliphatic heterocycles. The Morgan fingerprint density at radius 2 is 2.18 bits per heavy atom. The summed E-state index contributed by atoms with van der Waals surface area (Å²) in [5.74, 6) is 0.488. The Hall–Kier alpha value is -1.54. The Morgan fingerprint density at radius 3 is 2.76 bits per heavy atom. The Bertz CT molecular complexity index is 663. The number of aromatic nitrogens is 1. The minimum absolute atomic E-state index is 0.412. The molecule has 1 aromatic heterocycles. The lowest BCUT2D eigenvalue weighted by molar-refractivity contribution is 0.419. The number of hydrogen-bond donors (Lipinski definition) is 2. The number of methoxy groups -OCH3 is 1. The number of nitrogen functional groups attached to an aromatic ring is 1. The number of rotatable bonds is 3. The van der Waals surface area contributed by atoms with Gasteiger partial charge in [0.1, 0.15) is 11.3 Å². The van der Waals surface area contributed by atoms with Gasteiger partial charge in [0.05, 0.1) is 23.8 Å². The summed E-state index contributed by atoms with van der Waals surface area (Å²) >= 11 is 1.27. The molecule has 2 aromatic rings. The molecule has 92 valence electrons. The molecule has 0 bridgehead atoms. The lowest BCUT2D eigenvalue weighted by atomic mass is 10.3. The van der Waals surface area contributed by atoms with Gasteiger partial charge in [-0.05, 0) is 6.07 Å². The summed E-state index contributed by atoms with van der Waals surface area (Å²) in [6.07, 6.45) is 1.09. The smallest absolute Gasteiger partial charge is 0.229 e. The van der Waals surface area contributed by atoms with Gasteiger partial charge in [-0.15, -0.1) is 0 Å². The zero-order valence-corrected chi connectivity index (χ0v) is 10.9. The fourth-order valence-corrected chi connectivity index (χ4v) is 2.78. The van der Waals surface area contributed by atoms with Gasteiger partial charge in [-0.1, -0.05) is 11.3 Å². The van der Waals surface area contributed by atoms with Crippen LogP contribution in [0.2, 0.25) is 0 Å². The van der Waals surface area contributed by atoms with E-state index in [9.17, 15) is 8.42 Å². The first kappa shape index (κ1) is 11.9. The third-order valence-electron chi connectivity index (χ3n) is 2.00. The maximum absolute atomic E-state index is 11.2. The van der Waals surface area contributed by atoms with Crippen LogP contribution in [0.5, 0.6) is 5.75 Å². The van der Waals surface area contributed by atoms with Crippen molar-refractivity contribution in [3.05, 3.63) is 12.1 Å². The summed E-state index contributed by atoms with van der Waals surface area (Å²) < 4.78 is 30.6. The van der Waals surface area contributed by atoms with Gasteiger partial charge in [0.25, 0.3) is 0 Å². The van der Waals surface area contributed by atoms with E-state index in [1.807, 2.05) is 0 Å². The standard InChI is InChI=1S/C9H11N3O3S2/c1-15-6-3-5(12-17(2,13)14)4-7-8(6)11-9(10)16-7/h3-4,12H,1-2H3,(H2,10,11). The molecule has 8 heteroatoms. The van der Waals surface area contributed by atoms with Crippen molar-refractivity contribution in [3.63, 3.8) is 0 Å². The largest absolute Gasteiger partial charge is 0.494 e. The molecule has 0 radical (unpaired) electrons. The number of hydrogen-bond acceptors (Lipinski definition) is 6. The molecule has 0 saturated heterocycles. The predicted octanol–water partition coefficient (Wildman–Crippen LogP) is 1.26. The van der Waals surface area contributed by atoms with E-state index in [0.29, 0.717) is 22.1 Å². The summed E-state index contributed by atoms with van der Waals surface area (Å²) in [6, 6.07) is 3.25. The molecule has 1 aromatic carbocycles. The summed E-state index contributed by atoms with van der Waals surface area (Å²) in [7, 11) is -1.82. The van der Waals surface area contributed by atoms with Gasteiger partial charge in [0.15, 0.2) is 5.13 Å². The minimum atomic E-state index is -3.32. The van der Waals surface area contributed by atoms with Gasteiger partial charge in [-0.3, -0.25) is 4.72 Å². The number of nitrogens with two attached hydrogens (primary N) is 1. The van der Waals surface area contributed by atoms with E-state index in [1.165, 1.54) is 18.4 Å². The second-order valence-electron chi connectivity index (χ2n) is 3.45. The van der Waals surface area contributed by atoms with Gasteiger partial charge in [-0.2, -0.15) is 0 Å². The van der Waals surface area contributed by atoms with Gasteiger partial charge >= 0.3 is 0 Å². The van der Waals surface area contributed by atoms with E-state index in [1.54, 1.807) is 12.1 Å². The van der Waals surface area contributed by atoms with Crippen LogP contribution in [-0.2, 0) is 10.0 Å². The first-order valence-electron chi connectivity index (χ1n) is 4.61. The van der Waals surface area contributed by atoms with Gasteiger partial charge in [-0.25, -0.2) is 13.4 Å². The van der Waals surface area contributed by atoms with Crippen molar-refractivity contribution in [3.8, 4) is 5.75 Å². The second-order valence-corrected chi connectivity index (χ2v) is 6.26. The first-order valence-corrected chi connectivity index (χ1v) is 7.31. The number of fused-ring (bicyclic) bond motifs is 1. The molecule has 1 heterocycles. The molecule has 0 fully saturated rings. The number of benzene rings is 1. The highest BCUT2D eigenvalue weighted by molar-refractivity contribution is 7.92. The quantitative estimate of drug-likeness (QED) is 0.878. The van der Waals surface area contributed by atoms with Gasteiger partial charge in [0.2, 0.25) is 10.0 Å². The molecule has 0 amide bonds. The fourth-order valence-electron chi connectivity index (χ4n) is 1.44. The molecule has 0 aliphatic rings. The van der Waals surface area contributed by atoms with Crippen LogP contribution in [0, 0.1) is 0 Å². The fraction of sp³-hybridized carbons (Fsp3) is 0.222. The van der Waals surface area contributed by atoms with Crippen LogP contribution in [0.15, 0.2) is 12.1 Å². The minimum Gasteiger partial charge on any atom is -0.494 e. The molecule has 0 spiro atoms. The molecular weight excluding hydrogens is 262 g/mol. The second kappa shape index (κ2) is 4.04. The summed E-state index contributed by atoms with van der Waals surface area (Å²) in [5, 5.41) is 0.412. The summed E-state index contributed by atoms with van der Waals surface area (Å²) in [5.41, 5.74) is 6.67. The van der Waals surface area contributed by atoms with Crippen LogP contribution in [0.4, 0.5) is 10.8 Å². The van der Waals surface area contributed by atoms with Crippen LogP contribution in [0.1, 0.15) is 0 Å². The van der Waals surface area contributed by atoms with E-state index in [0.717, 1.165) is 11.0 Å². The number of sulfonamides is 1. The lowest BCUT2D eigenvalue weighted by Gasteiger charge is -2.06. The molecule has 3 N–H and O–H groups in total. The Morgan fingerprint density at radius 1 is 1.47 bits per heavy atom. The monoisotopic (exact) mass is 273 g/mol. The molecular formula is C9H11N3O3S2. The van der Waals surface area contributed by atoms with Crippen LogP contribution < -0.4 is 15.2 Å². The van der Waals surface area contributed by atoms with Crippen molar-refractivity contribution < 1.29 is 13.2 Å². The average Bonchev–Trinajstić information content (AvgIpc) is 2.54. The lowest BCUT2D eigenvalue weighted by Crippen LogP contribution is -2.09. The number of anilines is 2. The third kappa shape index (κ3) is 2.59. The zero-order valence-electron chi connectivity index (χ0n) is 9.22. The highest BCUT2D eigenvalue weighted by atomic mass is 32.2. The van der Waals surface area contributed by atoms with Crippen molar-refractivity contribution >= 4 is 42.4 Å². The highest BCUT2D eigenvalue weighted by Crippen LogP contribution is 2.34. The first-order chi connectivity index (χ1) is 7.89. The van der Waals surface area contributed by atoms with Crippen molar-refractivity contribution in [2.45, 2.75) is 0 Å². The van der Waals surface area contributed by atoms with E-state index in [4.69, 9.17) is 10.5 Å². The number of thiazole rings is 1. The van der Waals surface area contributed by atoms with E-state index in [-0.39, 0.29) is 0 Å².